The lowest BCUT2D eigenvalue weighted by Crippen LogP contribution is -2.41. The third-order valence-corrected chi connectivity index (χ3v) is 3.13. The number of imidazole rings is 1. The summed E-state index contributed by atoms with van der Waals surface area (Å²) >= 11 is 0. The number of rotatable bonds is 6. The molecule has 3 aromatic rings. The van der Waals surface area contributed by atoms with Crippen LogP contribution in [0.2, 0.25) is 0 Å². The Labute approximate surface area is 131 Å². The number of aromatic nitrogens is 5. The second-order valence-corrected chi connectivity index (χ2v) is 4.86. The topological polar surface area (TPSA) is 136 Å². The van der Waals surface area contributed by atoms with E-state index in [1.165, 1.54) is 0 Å². The van der Waals surface area contributed by atoms with Gasteiger partial charge in [-0.3, -0.25) is 9.78 Å². The average molecular weight is 313 g/mol. The number of nitrogens with zero attached hydrogens (tertiary/aromatic N) is 4. The van der Waals surface area contributed by atoms with Crippen molar-refractivity contribution in [2.45, 2.75) is 19.0 Å². The highest BCUT2D eigenvalue weighted by molar-refractivity contribution is 5.81. The van der Waals surface area contributed by atoms with Crippen LogP contribution in [-0.2, 0) is 17.8 Å². The lowest BCUT2D eigenvalue weighted by Gasteiger charge is -2.09. The molecule has 23 heavy (non-hydrogen) atoms. The summed E-state index contributed by atoms with van der Waals surface area (Å²) in [5, 5.41) is 6.51. The quantitative estimate of drug-likeness (QED) is 0.584. The van der Waals surface area contributed by atoms with E-state index in [0.717, 1.165) is 11.3 Å². The molecule has 9 heteroatoms. The second-order valence-electron chi connectivity index (χ2n) is 4.86. The van der Waals surface area contributed by atoms with Crippen molar-refractivity contribution in [1.82, 2.24) is 30.4 Å². The first-order valence-electron chi connectivity index (χ1n) is 6.96. The Morgan fingerprint density at radius 2 is 2.30 bits per heavy atom. The molecule has 0 aliphatic rings. The monoisotopic (exact) mass is 313 g/mol. The van der Waals surface area contributed by atoms with Crippen LogP contribution in [0.15, 0.2) is 41.6 Å². The van der Waals surface area contributed by atoms with Crippen LogP contribution >= 0.6 is 0 Å². The fourth-order valence-corrected chi connectivity index (χ4v) is 1.96. The SMILES string of the molecule is NC(Cc1cnc[nH]1)C(=O)NCc1nc(-c2cccnc2)no1. The van der Waals surface area contributed by atoms with Crippen molar-refractivity contribution in [3.63, 3.8) is 0 Å². The minimum absolute atomic E-state index is 0.114. The molecular weight excluding hydrogens is 298 g/mol. The number of amides is 1. The Morgan fingerprint density at radius 1 is 1.39 bits per heavy atom. The maximum Gasteiger partial charge on any atom is 0.246 e. The van der Waals surface area contributed by atoms with Crippen LogP contribution in [0.3, 0.4) is 0 Å². The van der Waals surface area contributed by atoms with Gasteiger partial charge in [-0.15, -0.1) is 0 Å². The van der Waals surface area contributed by atoms with Gasteiger partial charge >= 0.3 is 0 Å². The van der Waals surface area contributed by atoms with Crippen LogP contribution in [-0.4, -0.2) is 37.0 Å². The molecule has 9 nitrogen and oxygen atoms in total. The van der Waals surface area contributed by atoms with E-state index in [1.807, 2.05) is 6.07 Å². The molecule has 0 bridgehead atoms. The van der Waals surface area contributed by atoms with E-state index >= 15 is 0 Å². The Hall–Kier alpha value is -3.07. The van der Waals surface area contributed by atoms with E-state index in [4.69, 9.17) is 10.3 Å². The van der Waals surface area contributed by atoms with Gasteiger partial charge in [0.1, 0.15) is 0 Å². The van der Waals surface area contributed by atoms with E-state index in [-0.39, 0.29) is 12.5 Å². The molecule has 0 aliphatic carbocycles. The third-order valence-electron chi connectivity index (χ3n) is 3.13. The summed E-state index contributed by atoms with van der Waals surface area (Å²) in [5.41, 5.74) is 7.37. The number of nitrogens with one attached hydrogen (secondary N) is 2. The van der Waals surface area contributed by atoms with Crippen LogP contribution < -0.4 is 11.1 Å². The predicted octanol–water partition coefficient (Wildman–Crippen LogP) is 0.0409. The first-order valence-corrected chi connectivity index (χ1v) is 6.96. The van der Waals surface area contributed by atoms with E-state index in [9.17, 15) is 4.79 Å². The summed E-state index contributed by atoms with van der Waals surface area (Å²) in [6, 6.07) is 2.92. The van der Waals surface area contributed by atoms with Crippen LogP contribution in [0.1, 0.15) is 11.6 Å². The zero-order valence-electron chi connectivity index (χ0n) is 12.1. The van der Waals surface area contributed by atoms with Gasteiger partial charge in [-0.1, -0.05) is 5.16 Å². The van der Waals surface area contributed by atoms with Gasteiger partial charge in [-0.05, 0) is 12.1 Å². The molecule has 0 radical (unpaired) electrons. The molecule has 1 atom stereocenters. The van der Waals surface area contributed by atoms with Crippen molar-refractivity contribution in [3.8, 4) is 11.4 Å². The smallest absolute Gasteiger partial charge is 0.246 e. The highest BCUT2D eigenvalue weighted by Crippen LogP contribution is 2.13. The van der Waals surface area contributed by atoms with Gasteiger partial charge in [0.15, 0.2) is 0 Å². The highest BCUT2D eigenvalue weighted by Gasteiger charge is 2.16. The molecule has 1 unspecified atom stereocenters. The lowest BCUT2D eigenvalue weighted by atomic mass is 10.1. The number of hydrogen-bond donors (Lipinski definition) is 3. The van der Waals surface area contributed by atoms with Crippen molar-refractivity contribution in [2.75, 3.05) is 0 Å². The maximum atomic E-state index is 11.9. The largest absolute Gasteiger partial charge is 0.348 e. The van der Waals surface area contributed by atoms with Gasteiger partial charge in [0.25, 0.3) is 0 Å². The molecule has 0 saturated carbocycles. The zero-order valence-corrected chi connectivity index (χ0v) is 12.1. The highest BCUT2D eigenvalue weighted by atomic mass is 16.5. The molecule has 1 amide bonds. The van der Waals surface area contributed by atoms with E-state index < -0.39 is 6.04 Å². The number of H-pyrrole nitrogens is 1. The number of carbonyl (C=O) groups excluding carboxylic acids is 1. The molecule has 3 aromatic heterocycles. The van der Waals surface area contributed by atoms with Gasteiger partial charge in [-0.25, -0.2) is 4.98 Å². The Morgan fingerprint density at radius 3 is 3.04 bits per heavy atom. The minimum Gasteiger partial charge on any atom is -0.348 e. The van der Waals surface area contributed by atoms with Crippen molar-refractivity contribution in [3.05, 3.63) is 48.6 Å². The summed E-state index contributed by atoms with van der Waals surface area (Å²) in [7, 11) is 0. The van der Waals surface area contributed by atoms with Gasteiger partial charge in [0.05, 0.1) is 18.9 Å². The van der Waals surface area contributed by atoms with Crippen LogP contribution in [0.25, 0.3) is 11.4 Å². The van der Waals surface area contributed by atoms with Gasteiger partial charge < -0.3 is 20.6 Å². The molecule has 0 fully saturated rings. The van der Waals surface area contributed by atoms with Gasteiger partial charge in [0.2, 0.25) is 17.6 Å². The van der Waals surface area contributed by atoms with Crippen LogP contribution in [0.5, 0.6) is 0 Å². The lowest BCUT2D eigenvalue weighted by molar-refractivity contribution is -0.122. The zero-order chi connectivity index (χ0) is 16.1. The predicted molar refractivity (Wildman–Crippen MR) is 79.6 cm³/mol. The number of hydrogen-bond acceptors (Lipinski definition) is 7. The van der Waals surface area contributed by atoms with E-state index in [2.05, 4.69) is 30.4 Å². The van der Waals surface area contributed by atoms with Crippen molar-refractivity contribution in [1.29, 1.82) is 0 Å². The minimum atomic E-state index is -0.684. The number of nitrogens with two attached hydrogens (primary N) is 1. The molecule has 0 aliphatic heterocycles. The fraction of sp³-hybridized carbons (Fsp3) is 0.214. The van der Waals surface area contributed by atoms with Crippen LogP contribution in [0, 0.1) is 0 Å². The summed E-state index contributed by atoms with van der Waals surface area (Å²) in [5.74, 6) is 0.413. The Balaban J connectivity index is 1.54. The van der Waals surface area contributed by atoms with Crippen molar-refractivity contribution >= 4 is 5.91 Å². The average Bonchev–Trinajstić information content (AvgIpc) is 3.25. The summed E-state index contributed by atoms with van der Waals surface area (Å²) in [6.07, 6.45) is 6.83. The first-order chi connectivity index (χ1) is 11.2. The molecule has 0 spiro atoms. The molecule has 4 N–H and O–H groups in total. The first kappa shape index (κ1) is 14.9. The Bertz CT molecular complexity index is 755. The summed E-state index contributed by atoms with van der Waals surface area (Å²) in [4.78, 5) is 26.9. The second kappa shape index (κ2) is 6.79. The number of aromatic amines is 1. The number of pyridine rings is 1. The standard InChI is InChI=1S/C14H15N7O2/c15-11(4-10-6-17-8-19-10)14(22)18-7-12-20-13(21-23-12)9-2-1-3-16-5-9/h1-3,5-6,8,11H,4,7,15H2,(H,17,19)(H,18,22). The van der Waals surface area contributed by atoms with Crippen molar-refractivity contribution in [2.24, 2.45) is 5.73 Å². The molecular formula is C14H15N7O2. The molecule has 3 heterocycles. The van der Waals surface area contributed by atoms with E-state index in [1.54, 1.807) is 31.0 Å². The normalized spacial score (nSPS) is 12.0. The van der Waals surface area contributed by atoms with Gasteiger partial charge in [-0.2, -0.15) is 4.98 Å². The van der Waals surface area contributed by atoms with Crippen LogP contribution in [0.4, 0.5) is 0 Å². The molecule has 3 rings (SSSR count). The molecule has 0 saturated heterocycles. The van der Waals surface area contributed by atoms with Crippen molar-refractivity contribution < 1.29 is 9.32 Å². The fourth-order valence-electron chi connectivity index (χ4n) is 1.96. The maximum absolute atomic E-state index is 11.9. The number of carbonyl (C=O) groups is 1. The molecule has 0 aromatic carbocycles. The van der Waals surface area contributed by atoms with Gasteiger partial charge in [0, 0.05) is 36.3 Å². The Kier molecular flexibility index (Phi) is 4.39. The summed E-state index contributed by atoms with van der Waals surface area (Å²) in [6.45, 7) is 0.114. The third kappa shape index (κ3) is 3.77. The summed E-state index contributed by atoms with van der Waals surface area (Å²) < 4.78 is 5.09. The van der Waals surface area contributed by atoms with E-state index in [0.29, 0.717) is 18.1 Å². The molecule has 118 valence electrons.